The van der Waals surface area contributed by atoms with E-state index in [2.05, 4.69) is 68.2 Å². The molecule has 0 aliphatic carbocycles. The summed E-state index contributed by atoms with van der Waals surface area (Å²) in [6, 6.07) is 0. The van der Waals surface area contributed by atoms with E-state index in [1.165, 1.54) is 38.5 Å². The van der Waals surface area contributed by atoms with Gasteiger partial charge in [0.1, 0.15) is 0 Å². The molecule has 0 saturated heterocycles. The summed E-state index contributed by atoms with van der Waals surface area (Å²) in [4.78, 5) is 0. The molecule has 5 heteroatoms. The van der Waals surface area contributed by atoms with Crippen LogP contribution < -0.4 is 47.9 Å². The Morgan fingerprint density at radius 1 is 0.621 bits per heavy atom. The molecule has 164 valence electrons. The largest absolute Gasteiger partial charge is 2.00 e. The second-order valence-electron chi connectivity index (χ2n) is 6.80. The Bertz CT molecular complexity index is 168. The molecule has 0 aromatic carbocycles. The average molecular weight is 411 g/mol. The van der Waals surface area contributed by atoms with Gasteiger partial charge in [-0.25, -0.2) is 0 Å². The van der Waals surface area contributed by atoms with Crippen LogP contribution in [0.25, 0.3) is 0 Å². The Kier molecular flexibility index (Phi) is 86.8. The van der Waals surface area contributed by atoms with Crippen LogP contribution in [0.15, 0.2) is 0 Å². The molecule has 0 N–H and O–H groups in total. The topological polar surface area (TPSA) is 46.1 Å². The van der Waals surface area contributed by atoms with Crippen molar-refractivity contribution in [2.24, 2.45) is 11.8 Å². The first-order valence-electron chi connectivity index (χ1n) is 11.2. The molecule has 29 heavy (non-hydrogen) atoms. The van der Waals surface area contributed by atoms with Gasteiger partial charge in [-0.15, -0.1) is 13.2 Å². The van der Waals surface area contributed by atoms with Crippen LogP contribution >= 0.6 is 0 Å². The summed E-state index contributed by atoms with van der Waals surface area (Å²) in [5.41, 5.74) is 0. The van der Waals surface area contributed by atoms with Gasteiger partial charge in [0.2, 0.25) is 0 Å². The maximum Gasteiger partial charge on any atom is 2.00 e. The predicted octanol–water partition coefficient (Wildman–Crippen LogP) is -0.00542. The molecule has 0 heterocycles. The Morgan fingerprint density at radius 2 is 0.862 bits per heavy atom. The Balaban J connectivity index is -0.0000000458. The summed E-state index contributed by atoms with van der Waals surface area (Å²) in [7, 11) is 0. The molecule has 0 spiro atoms. The molecule has 0 bridgehead atoms. The van der Waals surface area contributed by atoms with E-state index in [-0.39, 0.29) is 74.0 Å². The third-order valence-corrected chi connectivity index (χ3v) is 4.37. The number of rotatable bonds is 12. The monoisotopic (exact) mass is 410 g/mol. The van der Waals surface area contributed by atoms with Gasteiger partial charge < -0.3 is 23.1 Å². The minimum atomic E-state index is 0. The zero-order chi connectivity index (χ0) is 21.1. The number of hydrogen-bond acceptors (Lipinski definition) is 2. The fraction of sp³-hybridized carbons (Fsp3) is 0.917. The zero-order valence-electron chi connectivity index (χ0n) is 22.3. The molecule has 2 unspecified atom stereocenters. The third-order valence-electron chi connectivity index (χ3n) is 4.37. The van der Waals surface area contributed by atoms with Crippen molar-refractivity contribution in [3.8, 4) is 0 Å². The summed E-state index contributed by atoms with van der Waals surface area (Å²) in [5.74, 6) is 0.898. The van der Waals surface area contributed by atoms with Gasteiger partial charge in [0, 0.05) is 0 Å². The molecule has 0 aromatic rings. The summed E-state index contributed by atoms with van der Waals surface area (Å²) in [6.45, 7) is 17.1. The Labute approximate surface area is 227 Å². The Morgan fingerprint density at radius 3 is 0.966 bits per heavy atom. The van der Waals surface area contributed by atoms with Gasteiger partial charge in [-0.05, 0) is 0 Å². The van der Waals surface area contributed by atoms with Crippen molar-refractivity contribution in [1.29, 1.82) is 0 Å². The van der Waals surface area contributed by atoms with E-state index in [1.807, 2.05) is 0 Å². The summed E-state index contributed by atoms with van der Waals surface area (Å²) < 4.78 is 0. The molecule has 0 rings (SSSR count). The molecule has 0 aliphatic heterocycles. The minimum absolute atomic E-state index is 0. The van der Waals surface area contributed by atoms with Crippen LogP contribution in [0.1, 0.15) is 120 Å². The first-order valence-corrected chi connectivity index (χ1v) is 11.2. The van der Waals surface area contributed by atoms with E-state index in [0.29, 0.717) is 11.8 Å². The molecule has 0 fully saturated rings. The van der Waals surface area contributed by atoms with Gasteiger partial charge in [0.25, 0.3) is 0 Å². The summed E-state index contributed by atoms with van der Waals surface area (Å²) >= 11 is 0. The number of unbranched alkanes of at least 4 members (excludes halogenated alkanes) is 4. The standard InChI is InChI=1S/2C8H17O.2C4H9.2Li.Mg/c2*1-3-5-6-8(4-2)7-9;2*1-3-4-2;;;/h2*8H,3-7H2,1-2H3;2*3H,4H2,1-2H3;;;/q4*-1;2*+1;+2. The number of hydrogen-bond donors (Lipinski definition) is 0. The smallest absolute Gasteiger partial charge is 0.854 e. The van der Waals surface area contributed by atoms with Gasteiger partial charge >= 0.3 is 60.8 Å². The van der Waals surface area contributed by atoms with Gasteiger partial charge in [0.05, 0.1) is 0 Å². The van der Waals surface area contributed by atoms with Crippen LogP contribution in [0.4, 0.5) is 0 Å². The fourth-order valence-corrected chi connectivity index (χ4v) is 1.80. The molecule has 0 saturated carbocycles. The summed E-state index contributed by atoms with van der Waals surface area (Å²) in [5, 5.41) is 20.7. The Hall–Kier alpha value is 1.88. The third kappa shape index (κ3) is 58.8. The molecular formula is C24H52Li2MgO2. The van der Waals surface area contributed by atoms with E-state index in [0.717, 1.165) is 25.7 Å². The fourth-order valence-electron chi connectivity index (χ4n) is 1.80. The van der Waals surface area contributed by atoms with Crippen LogP contribution in [0, 0.1) is 24.7 Å². The molecular weight excluding hydrogens is 358 g/mol. The van der Waals surface area contributed by atoms with Crippen molar-refractivity contribution in [2.75, 3.05) is 13.2 Å². The normalized spacial score (nSPS) is 10.6. The van der Waals surface area contributed by atoms with E-state index in [9.17, 15) is 10.2 Å². The first-order chi connectivity index (χ1) is 12.5. The van der Waals surface area contributed by atoms with Gasteiger partial charge in [-0.2, -0.15) is 26.7 Å². The minimum Gasteiger partial charge on any atom is -0.854 e. The van der Waals surface area contributed by atoms with Crippen LogP contribution in [0.3, 0.4) is 0 Å². The maximum absolute atomic E-state index is 10.4. The van der Waals surface area contributed by atoms with Gasteiger partial charge in [-0.3, -0.25) is 0 Å². The molecule has 0 radical (unpaired) electrons. The van der Waals surface area contributed by atoms with Crippen molar-refractivity contribution < 1.29 is 47.9 Å². The van der Waals surface area contributed by atoms with Crippen LogP contribution in [0.2, 0.25) is 0 Å². The van der Waals surface area contributed by atoms with Crippen LogP contribution in [0.5, 0.6) is 0 Å². The quantitative estimate of drug-likeness (QED) is 0.336. The van der Waals surface area contributed by atoms with Crippen molar-refractivity contribution in [3.63, 3.8) is 0 Å². The van der Waals surface area contributed by atoms with E-state index >= 15 is 0 Å². The molecule has 2 nitrogen and oxygen atoms in total. The van der Waals surface area contributed by atoms with Crippen molar-refractivity contribution in [3.05, 3.63) is 12.8 Å². The predicted molar refractivity (Wildman–Crippen MR) is 123 cm³/mol. The molecule has 0 aromatic heterocycles. The van der Waals surface area contributed by atoms with Crippen molar-refractivity contribution in [1.82, 2.24) is 0 Å². The molecule has 0 amide bonds. The van der Waals surface area contributed by atoms with Gasteiger partial charge in [-0.1, -0.05) is 105 Å². The second kappa shape index (κ2) is 52.1. The second-order valence-corrected chi connectivity index (χ2v) is 6.80. The first kappa shape index (κ1) is 48.3. The van der Waals surface area contributed by atoms with E-state index in [1.54, 1.807) is 0 Å². The van der Waals surface area contributed by atoms with Crippen LogP contribution in [-0.2, 0) is 0 Å². The zero-order valence-corrected chi connectivity index (χ0v) is 23.7. The SMILES string of the molecule is CCCCC(CC)C[O-].CCCCC(CC)C[O-].C[CH-]CC.C[CH-]CC.[Li+].[Li+].[Mg+2]. The van der Waals surface area contributed by atoms with Crippen molar-refractivity contribution in [2.45, 2.75) is 120 Å². The molecule has 0 aliphatic rings. The summed E-state index contributed by atoms with van der Waals surface area (Å²) in [6.07, 6.45) is 15.9. The average Bonchev–Trinajstić information content (AvgIpc) is 2.70. The van der Waals surface area contributed by atoms with E-state index < -0.39 is 0 Å². The van der Waals surface area contributed by atoms with Crippen molar-refractivity contribution >= 4 is 23.1 Å². The van der Waals surface area contributed by atoms with Gasteiger partial charge in [0.15, 0.2) is 0 Å². The van der Waals surface area contributed by atoms with Crippen LogP contribution in [-0.4, -0.2) is 36.3 Å². The molecule has 2 atom stereocenters. The van der Waals surface area contributed by atoms with E-state index in [4.69, 9.17) is 0 Å². The maximum atomic E-state index is 10.4.